The molecule has 0 aliphatic carbocycles. The molecule has 0 heterocycles. The Hall–Kier alpha value is -1.23. The van der Waals surface area contributed by atoms with E-state index in [1.54, 1.807) is 0 Å². The molecule has 0 aliphatic heterocycles. The molecular formula is C10H18O5. The molecular weight excluding hydrogens is 200 g/mol. The van der Waals surface area contributed by atoms with Crippen LogP contribution in [-0.2, 0) is 14.5 Å². The van der Waals surface area contributed by atoms with Crippen LogP contribution in [0, 0.1) is 0 Å². The molecule has 0 saturated heterocycles. The summed E-state index contributed by atoms with van der Waals surface area (Å²) in [6, 6.07) is 0. The first kappa shape index (κ1) is 13.8. The van der Waals surface area contributed by atoms with Crippen molar-refractivity contribution in [3.05, 3.63) is 12.3 Å². The van der Waals surface area contributed by atoms with E-state index >= 15 is 0 Å². The molecule has 0 aromatic heterocycles. The first-order valence-corrected chi connectivity index (χ1v) is 5.06. The SMILES string of the molecule is CCCCCCOOC=CCOC(=O)O. The van der Waals surface area contributed by atoms with Gasteiger partial charge in [-0.25, -0.2) is 4.79 Å². The Morgan fingerprint density at radius 2 is 2.13 bits per heavy atom. The van der Waals surface area contributed by atoms with Gasteiger partial charge in [-0.05, 0) is 12.5 Å². The molecule has 0 radical (unpaired) electrons. The zero-order valence-corrected chi connectivity index (χ0v) is 8.98. The topological polar surface area (TPSA) is 65.0 Å². The second-order valence-electron chi connectivity index (χ2n) is 2.93. The van der Waals surface area contributed by atoms with Gasteiger partial charge in [0.2, 0.25) is 0 Å². The molecule has 1 N–H and O–H groups in total. The highest BCUT2D eigenvalue weighted by Crippen LogP contribution is 1.98. The largest absolute Gasteiger partial charge is 0.506 e. The third-order valence-electron chi connectivity index (χ3n) is 1.60. The summed E-state index contributed by atoms with van der Waals surface area (Å²) in [7, 11) is 0. The first-order chi connectivity index (χ1) is 7.27. The van der Waals surface area contributed by atoms with Crippen LogP contribution in [0.3, 0.4) is 0 Å². The van der Waals surface area contributed by atoms with Crippen LogP contribution in [-0.4, -0.2) is 24.5 Å². The van der Waals surface area contributed by atoms with E-state index in [-0.39, 0.29) is 6.61 Å². The van der Waals surface area contributed by atoms with E-state index in [1.165, 1.54) is 25.2 Å². The highest BCUT2D eigenvalue weighted by atomic mass is 17.2. The highest BCUT2D eigenvalue weighted by molar-refractivity contribution is 5.56. The van der Waals surface area contributed by atoms with E-state index in [0.29, 0.717) is 6.61 Å². The summed E-state index contributed by atoms with van der Waals surface area (Å²) in [6.45, 7) is 2.65. The van der Waals surface area contributed by atoms with Crippen molar-refractivity contribution in [2.75, 3.05) is 13.2 Å². The van der Waals surface area contributed by atoms with Gasteiger partial charge in [0.15, 0.2) is 0 Å². The van der Waals surface area contributed by atoms with Crippen LogP contribution in [0.15, 0.2) is 12.3 Å². The maximum Gasteiger partial charge on any atom is 0.506 e. The Balaban J connectivity index is 3.06. The number of unbranched alkanes of at least 4 members (excludes halogenated alkanes) is 3. The number of ether oxygens (including phenoxy) is 1. The molecule has 0 spiro atoms. The Labute approximate surface area is 89.6 Å². The minimum Gasteiger partial charge on any atom is -0.450 e. The van der Waals surface area contributed by atoms with Gasteiger partial charge in [-0.2, -0.15) is 4.89 Å². The van der Waals surface area contributed by atoms with Gasteiger partial charge >= 0.3 is 6.16 Å². The predicted octanol–water partition coefficient (Wildman–Crippen LogP) is 2.72. The van der Waals surface area contributed by atoms with Crippen molar-refractivity contribution < 1.29 is 24.4 Å². The van der Waals surface area contributed by atoms with Crippen molar-refractivity contribution in [2.24, 2.45) is 0 Å². The fraction of sp³-hybridized carbons (Fsp3) is 0.700. The number of carbonyl (C=O) groups is 1. The van der Waals surface area contributed by atoms with Crippen molar-refractivity contribution in [3.8, 4) is 0 Å². The number of carboxylic acid groups (broad SMARTS) is 1. The Bertz CT molecular complexity index is 179. The lowest BCUT2D eigenvalue weighted by Gasteiger charge is -2.00. The lowest BCUT2D eigenvalue weighted by Crippen LogP contribution is -1.99. The molecule has 0 aromatic rings. The van der Waals surface area contributed by atoms with Crippen molar-refractivity contribution in [2.45, 2.75) is 32.6 Å². The average Bonchev–Trinajstić information content (AvgIpc) is 2.20. The minimum absolute atomic E-state index is 0.0332. The molecule has 0 unspecified atom stereocenters. The first-order valence-electron chi connectivity index (χ1n) is 5.06. The van der Waals surface area contributed by atoms with E-state index in [2.05, 4.69) is 16.5 Å². The van der Waals surface area contributed by atoms with Gasteiger partial charge in [0.05, 0.1) is 6.61 Å². The van der Waals surface area contributed by atoms with E-state index in [9.17, 15) is 4.79 Å². The van der Waals surface area contributed by atoms with Gasteiger partial charge in [-0.15, -0.1) is 0 Å². The zero-order valence-electron chi connectivity index (χ0n) is 8.98. The summed E-state index contributed by atoms with van der Waals surface area (Å²) in [5, 5.41) is 8.11. The summed E-state index contributed by atoms with van der Waals surface area (Å²) in [4.78, 5) is 19.3. The Kier molecular flexibility index (Phi) is 9.96. The third-order valence-corrected chi connectivity index (χ3v) is 1.60. The molecule has 0 atom stereocenters. The predicted molar refractivity (Wildman–Crippen MR) is 54.3 cm³/mol. The Morgan fingerprint density at radius 1 is 1.33 bits per heavy atom. The Morgan fingerprint density at radius 3 is 2.80 bits per heavy atom. The van der Waals surface area contributed by atoms with Crippen molar-refractivity contribution >= 4 is 6.16 Å². The fourth-order valence-corrected chi connectivity index (χ4v) is 0.873. The number of hydrogen-bond donors (Lipinski definition) is 1. The van der Waals surface area contributed by atoms with Crippen LogP contribution in [0.4, 0.5) is 4.79 Å². The van der Waals surface area contributed by atoms with Gasteiger partial charge in [0, 0.05) is 0 Å². The van der Waals surface area contributed by atoms with Crippen molar-refractivity contribution in [1.29, 1.82) is 0 Å². The van der Waals surface area contributed by atoms with Crippen molar-refractivity contribution in [1.82, 2.24) is 0 Å². The molecule has 5 nitrogen and oxygen atoms in total. The zero-order chi connectivity index (χ0) is 11.4. The second-order valence-corrected chi connectivity index (χ2v) is 2.93. The normalized spacial score (nSPS) is 10.5. The van der Waals surface area contributed by atoms with Crippen LogP contribution < -0.4 is 0 Å². The molecule has 0 rings (SSSR count). The molecule has 15 heavy (non-hydrogen) atoms. The van der Waals surface area contributed by atoms with E-state index in [4.69, 9.17) is 9.99 Å². The van der Waals surface area contributed by atoms with Gasteiger partial charge < -0.3 is 14.7 Å². The van der Waals surface area contributed by atoms with Crippen LogP contribution in [0.5, 0.6) is 0 Å². The molecule has 88 valence electrons. The molecule has 0 aromatic carbocycles. The maximum absolute atomic E-state index is 9.91. The molecule has 0 fully saturated rings. The van der Waals surface area contributed by atoms with Gasteiger partial charge in [-0.3, -0.25) is 0 Å². The summed E-state index contributed by atoms with van der Waals surface area (Å²) in [5.74, 6) is 0. The summed E-state index contributed by atoms with van der Waals surface area (Å²) < 4.78 is 4.20. The summed E-state index contributed by atoms with van der Waals surface area (Å²) >= 11 is 0. The van der Waals surface area contributed by atoms with Crippen LogP contribution >= 0.6 is 0 Å². The van der Waals surface area contributed by atoms with Gasteiger partial charge in [0.25, 0.3) is 0 Å². The minimum atomic E-state index is -1.31. The van der Waals surface area contributed by atoms with Crippen LogP contribution in [0.25, 0.3) is 0 Å². The number of rotatable bonds is 9. The van der Waals surface area contributed by atoms with E-state index in [0.717, 1.165) is 12.8 Å². The van der Waals surface area contributed by atoms with E-state index in [1.807, 2.05) is 0 Å². The fourth-order valence-electron chi connectivity index (χ4n) is 0.873. The monoisotopic (exact) mass is 218 g/mol. The second kappa shape index (κ2) is 10.8. The summed E-state index contributed by atoms with van der Waals surface area (Å²) in [5.41, 5.74) is 0. The highest BCUT2D eigenvalue weighted by Gasteiger charge is 1.91. The summed E-state index contributed by atoms with van der Waals surface area (Å²) in [6.07, 6.45) is 5.86. The lowest BCUT2D eigenvalue weighted by molar-refractivity contribution is -0.249. The molecule has 0 bridgehead atoms. The van der Waals surface area contributed by atoms with E-state index < -0.39 is 6.16 Å². The smallest absolute Gasteiger partial charge is 0.450 e. The van der Waals surface area contributed by atoms with Gasteiger partial charge in [0.1, 0.15) is 12.9 Å². The average molecular weight is 218 g/mol. The van der Waals surface area contributed by atoms with Crippen molar-refractivity contribution in [3.63, 3.8) is 0 Å². The van der Waals surface area contributed by atoms with Gasteiger partial charge in [-0.1, -0.05) is 26.2 Å². The maximum atomic E-state index is 9.91. The lowest BCUT2D eigenvalue weighted by atomic mass is 10.2. The molecule has 0 amide bonds. The van der Waals surface area contributed by atoms with Crippen LogP contribution in [0.1, 0.15) is 32.6 Å². The third kappa shape index (κ3) is 12.8. The molecule has 0 saturated carbocycles. The number of hydrogen-bond acceptors (Lipinski definition) is 4. The quantitative estimate of drug-likeness (QED) is 0.212. The van der Waals surface area contributed by atoms with Crippen LogP contribution in [0.2, 0.25) is 0 Å². The molecule has 0 aliphatic rings. The molecule has 5 heteroatoms. The standard InChI is InChI=1S/C10H18O5/c1-2-3-4-5-8-14-15-9-6-7-13-10(11)12/h6,9H,2-5,7-8H2,1H3,(H,11,12).